The number of rotatable bonds is 2. The summed E-state index contributed by atoms with van der Waals surface area (Å²) in [6, 6.07) is 9.27. The summed E-state index contributed by atoms with van der Waals surface area (Å²) in [6.45, 7) is 5.95. The first kappa shape index (κ1) is 12.0. The molecule has 2 heteroatoms. The molecule has 2 nitrogen and oxygen atoms in total. The summed E-state index contributed by atoms with van der Waals surface area (Å²) in [5, 5.41) is 3.63. The van der Waals surface area contributed by atoms with Gasteiger partial charge >= 0.3 is 0 Å². The van der Waals surface area contributed by atoms with Crippen molar-refractivity contribution in [2.45, 2.75) is 44.6 Å². The second-order valence-corrected chi connectivity index (χ2v) is 5.96. The zero-order chi connectivity index (χ0) is 12.4. The lowest BCUT2D eigenvalue weighted by Crippen LogP contribution is -2.33. The Hall–Kier alpha value is -1.02. The number of piperidine rings is 1. The fraction of sp³-hybridized carbons (Fsp3) is 0.625. The maximum Gasteiger partial charge on any atom is 0.0406 e. The molecule has 1 N–H and O–H groups in total. The Kier molecular flexibility index (Phi) is 3.29. The molecule has 0 aliphatic carbocycles. The van der Waals surface area contributed by atoms with Gasteiger partial charge < -0.3 is 10.2 Å². The normalized spacial score (nSPS) is 28.6. The molecular formula is C16H24N2. The highest BCUT2D eigenvalue weighted by molar-refractivity contribution is 5.49. The van der Waals surface area contributed by atoms with Crippen LogP contribution in [0, 0.1) is 0 Å². The lowest BCUT2D eigenvalue weighted by Gasteiger charge is -2.30. The molecule has 18 heavy (non-hydrogen) atoms. The number of benzene rings is 1. The fourth-order valence-electron chi connectivity index (χ4n) is 3.33. The van der Waals surface area contributed by atoms with Crippen molar-refractivity contribution < 1.29 is 0 Å². The van der Waals surface area contributed by atoms with Gasteiger partial charge in [0.25, 0.3) is 0 Å². The number of nitrogens with zero attached hydrogens (tertiary/aromatic N) is 1. The smallest absolute Gasteiger partial charge is 0.0406 e. The first-order chi connectivity index (χ1) is 8.78. The highest BCUT2D eigenvalue weighted by Gasteiger charge is 2.29. The zero-order valence-corrected chi connectivity index (χ0v) is 11.4. The van der Waals surface area contributed by atoms with Crippen molar-refractivity contribution in [1.29, 1.82) is 0 Å². The number of hydrogen-bond acceptors (Lipinski definition) is 2. The van der Waals surface area contributed by atoms with E-state index in [1.54, 1.807) is 0 Å². The maximum absolute atomic E-state index is 3.63. The molecular weight excluding hydrogens is 220 g/mol. The first-order valence-corrected chi connectivity index (χ1v) is 7.38. The Morgan fingerprint density at radius 2 is 1.72 bits per heavy atom. The molecule has 0 aromatic heterocycles. The standard InChI is InChI=1S/C16H24N2/c1-16(10-5-11-17-16)14-6-8-15(9-7-14)18-12-3-2-4-13-18/h6-9,17H,2-5,10-13H2,1H3. The van der Waals surface area contributed by atoms with Crippen LogP contribution in [0.5, 0.6) is 0 Å². The summed E-state index contributed by atoms with van der Waals surface area (Å²) in [5.74, 6) is 0. The molecule has 1 aromatic rings. The summed E-state index contributed by atoms with van der Waals surface area (Å²) < 4.78 is 0. The summed E-state index contributed by atoms with van der Waals surface area (Å²) in [5.41, 5.74) is 3.06. The molecule has 1 unspecified atom stereocenters. The van der Waals surface area contributed by atoms with Gasteiger partial charge in [-0.1, -0.05) is 12.1 Å². The van der Waals surface area contributed by atoms with E-state index in [1.807, 2.05) is 0 Å². The molecule has 2 fully saturated rings. The third kappa shape index (κ3) is 2.26. The molecule has 0 amide bonds. The van der Waals surface area contributed by atoms with Gasteiger partial charge in [-0.2, -0.15) is 0 Å². The minimum Gasteiger partial charge on any atom is -0.372 e. The SMILES string of the molecule is CC1(c2ccc(N3CCCCC3)cc2)CCCN1. The van der Waals surface area contributed by atoms with E-state index in [4.69, 9.17) is 0 Å². The Morgan fingerprint density at radius 3 is 2.33 bits per heavy atom. The van der Waals surface area contributed by atoms with Gasteiger partial charge in [0, 0.05) is 24.3 Å². The summed E-state index contributed by atoms with van der Waals surface area (Å²) in [6.07, 6.45) is 6.65. The summed E-state index contributed by atoms with van der Waals surface area (Å²) >= 11 is 0. The van der Waals surface area contributed by atoms with Crippen molar-refractivity contribution in [3.05, 3.63) is 29.8 Å². The van der Waals surface area contributed by atoms with Crippen LogP contribution in [0.3, 0.4) is 0 Å². The van der Waals surface area contributed by atoms with E-state index in [1.165, 1.54) is 56.4 Å². The van der Waals surface area contributed by atoms with Crippen LogP contribution < -0.4 is 10.2 Å². The average Bonchev–Trinajstić information content (AvgIpc) is 2.88. The summed E-state index contributed by atoms with van der Waals surface area (Å²) in [7, 11) is 0. The van der Waals surface area contributed by atoms with E-state index in [9.17, 15) is 0 Å². The minimum absolute atomic E-state index is 0.209. The largest absolute Gasteiger partial charge is 0.372 e. The predicted molar refractivity (Wildman–Crippen MR) is 77.1 cm³/mol. The van der Waals surface area contributed by atoms with Crippen LogP contribution in [0.1, 0.15) is 44.6 Å². The van der Waals surface area contributed by atoms with Gasteiger partial charge in [-0.3, -0.25) is 0 Å². The van der Waals surface area contributed by atoms with Crippen molar-refractivity contribution in [2.24, 2.45) is 0 Å². The van der Waals surface area contributed by atoms with Crippen LogP contribution in [0.15, 0.2) is 24.3 Å². The first-order valence-electron chi connectivity index (χ1n) is 7.38. The van der Waals surface area contributed by atoms with Crippen LogP contribution in [-0.4, -0.2) is 19.6 Å². The monoisotopic (exact) mass is 244 g/mol. The predicted octanol–water partition coefficient (Wildman–Crippen LogP) is 3.28. The van der Waals surface area contributed by atoms with Crippen molar-refractivity contribution >= 4 is 5.69 Å². The molecule has 0 bridgehead atoms. The molecule has 3 rings (SSSR count). The second kappa shape index (κ2) is 4.93. The quantitative estimate of drug-likeness (QED) is 0.859. The molecule has 0 radical (unpaired) electrons. The fourth-order valence-corrected chi connectivity index (χ4v) is 3.33. The van der Waals surface area contributed by atoms with Crippen molar-refractivity contribution in [3.8, 4) is 0 Å². The van der Waals surface area contributed by atoms with E-state index in [-0.39, 0.29) is 5.54 Å². The lowest BCUT2D eigenvalue weighted by atomic mass is 9.90. The van der Waals surface area contributed by atoms with E-state index in [2.05, 4.69) is 41.4 Å². The van der Waals surface area contributed by atoms with Gasteiger partial charge in [0.05, 0.1) is 0 Å². The molecule has 2 aliphatic rings. The van der Waals surface area contributed by atoms with Gasteiger partial charge in [-0.15, -0.1) is 0 Å². The molecule has 0 spiro atoms. The average molecular weight is 244 g/mol. The van der Waals surface area contributed by atoms with Crippen molar-refractivity contribution in [3.63, 3.8) is 0 Å². The second-order valence-electron chi connectivity index (χ2n) is 5.96. The lowest BCUT2D eigenvalue weighted by molar-refractivity contribution is 0.435. The van der Waals surface area contributed by atoms with Crippen molar-refractivity contribution in [1.82, 2.24) is 5.32 Å². The van der Waals surface area contributed by atoms with Crippen molar-refractivity contribution in [2.75, 3.05) is 24.5 Å². The Morgan fingerprint density at radius 1 is 1.00 bits per heavy atom. The molecule has 1 atom stereocenters. The maximum atomic E-state index is 3.63. The van der Waals surface area contributed by atoms with Gasteiger partial charge in [0.15, 0.2) is 0 Å². The highest BCUT2D eigenvalue weighted by atomic mass is 15.1. The molecule has 98 valence electrons. The van der Waals surface area contributed by atoms with Gasteiger partial charge in [-0.25, -0.2) is 0 Å². The Balaban J connectivity index is 1.76. The van der Waals surface area contributed by atoms with E-state index >= 15 is 0 Å². The molecule has 1 aromatic carbocycles. The van der Waals surface area contributed by atoms with Crippen LogP contribution in [0.2, 0.25) is 0 Å². The van der Waals surface area contributed by atoms with Crippen LogP contribution in [0.25, 0.3) is 0 Å². The Bertz CT molecular complexity index is 384. The molecule has 2 saturated heterocycles. The van der Waals surface area contributed by atoms with Crippen LogP contribution in [-0.2, 0) is 5.54 Å². The van der Waals surface area contributed by atoms with Gasteiger partial charge in [0.1, 0.15) is 0 Å². The molecule has 2 aliphatic heterocycles. The van der Waals surface area contributed by atoms with Crippen LogP contribution >= 0.6 is 0 Å². The zero-order valence-electron chi connectivity index (χ0n) is 11.4. The van der Waals surface area contributed by atoms with Gasteiger partial charge in [-0.05, 0) is 63.3 Å². The topological polar surface area (TPSA) is 15.3 Å². The third-order valence-electron chi connectivity index (χ3n) is 4.59. The molecule has 2 heterocycles. The van der Waals surface area contributed by atoms with E-state index < -0.39 is 0 Å². The number of nitrogens with one attached hydrogen (secondary N) is 1. The number of anilines is 1. The molecule has 0 saturated carbocycles. The highest BCUT2D eigenvalue weighted by Crippen LogP contribution is 2.31. The Labute approximate surface area is 110 Å². The van der Waals surface area contributed by atoms with E-state index in [0.717, 1.165) is 6.54 Å². The van der Waals surface area contributed by atoms with Gasteiger partial charge in [0.2, 0.25) is 0 Å². The van der Waals surface area contributed by atoms with E-state index in [0.29, 0.717) is 0 Å². The third-order valence-corrected chi connectivity index (χ3v) is 4.59. The van der Waals surface area contributed by atoms with Crippen LogP contribution in [0.4, 0.5) is 5.69 Å². The summed E-state index contributed by atoms with van der Waals surface area (Å²) in [4.78, 5) is 2.53. The number of hydrogen-bond donors (Lipinski definition) is 1. The minimum atomic E-state index is 0.209.